The second kappa shape index (κ2) is 7.74. The molecule has 0 bridgehead atoms. The van der Waals surface area contributed by atoms with Gasteiger partial charge >= 0.3 is 6.03 Å². The van der Waals surface area contributed by atoms with Gasteiger partial charge in [-0.05, 0) is 32.0 Å². The van der Waals surface area contributed by atoms with Crippen LogP contribution in [0.1, 0.15) is 21.9 Å². The highest BCUT2D eigenvalue weighted by atomic mass is 16.3. The van der Waals surface area contributed by atoms with Crippen molar-refractivity contribution in [2.24, 2.45) is 0 Å². The van der Waals surface area contributed by atoms with Gasteiger partial charge in [-0.3, -0.25) is 4.79 Å². The van der Waals surface area contributed by atoms with Crippen molar-refractivity contribution in [3.05, 3.63) is 54.1 Å². The lowest BCUT2D eigenvalue weighted by Gasteiger charge is -2.34. The average molecular weight is 395 g/mol. The normalized spacial score (nSPS) is 14.1. The molecule has 0 aliphatic carbocycles. The van der Waals surface area contributed by atoms with E-state index < -0.39 is 0 Å². The van der Waals surface area contributed by atoms with Gasteiger partial charge in [0.05, 0.1) is 17.4 Å². The molecule has 0 unspecified atom stereocenters. The number of aryl methyl sites for hydroxylation is 2. The monoisotopic (exact) mass is 395 g/mol. The van der Waals surface area contributed by atoms with Crippen molar-refractivity contribution in [2.45, 2.75) is 13.8 Å². The Bertz CT molecular complexity index is 1000. The molecule has 1 saturated heterocycles. The van der Waals surface area contributed by atoms with Crippen LogP contribution in [0, 0.1) is 13.8 Å². The lowest BCUT2D eigenvalue weighted by Crippen LogP contribution is -2.51. The lowest BCUT2D eigenvalue weighted by molar-refractivity contribution is 0.0670. The summed E-state index contributed by atoms with van der Waals surface area (Å²) in [5, 5.41) is 6.84. The van der Waals surface area contributed by atoms with Crippen molar-refractivity contribution in [2.75, 3.05) is 31.5 Å². The predicted octanol–water partition coefficient (Wildman–Crippen LogP) is 1.86. The first-order chi connectivity index (χ1) is 14.0. The van der Waals surface area contributed by atoms with Gasteiger partial charge in [0.1, 0.15) is 24.2 Å². The van der Waals surface area contributed by atoms with Crippen LogP contribution in [0.2, 0.25) is 0 Å². The third-order valence-corrected chi connectivity index (χ3v) is 4.78. The predicted molar refractivity (Wildman–Crippen MR) is 104 cm³/mol. The first kappa shape index (κ1) is 18.7. The number of piperazine rings is 1. The van der Waals surface area contributed by atoms with Crippen molar-refractivity contribution in [3.63, 3.8) is 0 Å². The number of carbonyl (C=O) groups is 2. The third-order valence-electron chi connectivity index (χ3n) is 4.78. The Hall–Kier alpha value is -3.69. The minimum Gasteiger partial charge on any atom is -0.466 e. The molecule has 0 atom stereocenters. The Labute approximate surface area is 167 Å². The number of amides is 3. The van der Waals surface area contributed by atoms with E-state index in [2.05, 4.69) is 20.4 Å². The lowest BCUT2D eigenvalue weighted by atomic mass is 10.2. The molecule has 29 heavy (non-hydrogen) atoms. The second-order valence-corrected chi connectivity index (χ2v) is 6.78. The van der Waals surface area contributed by atoms with Crippen LogP contribution >= 0.6 is 0 Å². The maximum Gasteiger partial charge on any atom is 0.322 e. The Morgan fingerprint density at radius 3 is 2.45 bits per heavy atom. The Morgan fingerprint density at radius 2 is 1.86 bits per heavy atom. The molecule has 1 fully saturated rings. The summed E-state index contributed by atoms with van der Waals surface area (Å²) in [4.78, 5) is 36.8. The summed E-state index contributed by atoms with van der Waals surface area (Å²) in [6.45, 7) is 5.46. The molecule has 4 heterocycles. The number of nitrogens with zero attached hydrogens (tertiary/aromatic N) is 6. The molecule has 10 nitrogen and oxygen atoms in total. The standard InChI is InChI=1S/C19H21N7O3/c1-13-9-16(14(2)29-13)18(27)24-5-7-25(8-6-24)19(28)23-15-3-4-17(21-10-15)26-12-20-11-22-26/h3-4,9-12H,5-8H2,1-2H3,(H,23,28). The number of carbonyl (C=O) groups excluding carboxylic acids is 2. The highest BCUT2D eigenvalue weighted by Crippen LogP contribution is 2.17. The summed E-state index contributed by atoms with van der Waals surface area (Å²) in [5.74, 6) is 1.88. The molecule has 1 N–H and O–H groups in total. The van der Waals surface area contributed by atoms with Gasteiger partial charge in [0.2, 0.25) is 0 Å². The second-order valence-electron chi connectivity index (χ2n) is 6.78. The van der Waals surface area contributed by atoms with Crippen molar-refractivity contribution in [1.82, 2.24) is 29.5 Å². The Balaban J connectivity index is 1.32. The van der Waals surface area contributed by atoms with Gasteiger partial charge in [-0.2, -0.15) is 5.10 Å². The first-order valence-electron chi connectivity index (χ1n) is 9.24. The van der Waals surface area contributed by atoms with Crippen LogP contribution in [0.25, 0.3) is 5.82 Å². The van der Waals surface area contributed by atoms with Crippen LogP contribution < -0.4 is 5.32 Å². The van der Waals surface area contributed by atoms with Crippen LogP contribution in [-0.2, 0) is 0 Å². The summed E-state index contributed by atoms with van der Waals surface area (Å²) < 4.78 is 6.98. The number of hydrogen-bond acceptors (Lipinski definition) is 6. The van der Waals surface area contributed by atoms with Gasteiger partial charge in [0, 0.05) is 26.2 Å². The molecular weight excluding hydrogens is 374 g/mol. The van der Waals surface area contributed by atoms with Crippen molar-refractivity contribution < 1.29 is 14.0 Å². The number of hydrogen-bond donors (Lipinski definition) is 1. The molecule has 3 aromatic rings. The topological polar surface area (TPSA) is 109 Å². The zero-order valence-electron chi connectivity index (χ0n) is 16.2. The summed E-state index contributed by atoms with van der Waals surface area (Å²) in [6.07, 6.45) is 4.54. The van der Waals surface area contributed by atoms with E-state index in [-0.39, 0.29) is 11.9 Å². The number of nitrogens with one attached hydrogen (secondary N) is 1. The average Bonchev–Trinajstić information content (AvgIpc) is 3.38. The van der Waals surface area contributed by atoms with Gasteiger partial charge in [0.25, 0.3) is 5.91 Å². The number of rotatable bonds is 3. The minimum absolute atomic E-state index is 0.0627. The molecule has 0 radical (unpaired) electrons. The number of anilines is 1. The number of pyridine rings is 1. The van der Waals surface area contributed by atoms with Gasteiger partial charge < -0.3 is 19.5 Å². The molecule has 4 rings (SSSR count). The molecule has 1 aliphatic rings. The van der Waals surface area contributed by atoms with Gasteiger partial charge in [-0.15, -0.1) is 0 Å². The third kappa shape index (κ3) is 3.96. The van der Waals surface area contributed by atoms with Crippen LogP contribution in [0.4, 0.5) is 10.5 Å². The maximum atomic E-state index is 12.7. The van der Waals surface area contributed by atoms with Crippen LogP contribution in [0.15, 0.2) is 41.5 Å². The highest BCUT2D eigenvalue weighted by Gasteiger charge is 2.26. The Kier molecular flexibility index (Phi) is 4.98. The van der Waals surface area contributed by atoms with Gasteiger partial charge in [0.15, 0.2) is 5.82 Å². The number of aromatic nitrogens is 4. The van der Waals surface area contributed by atoms with Crippen LogP contribution in [-0.4, -0.2) is 67.7 Å². The fourth-order valence-electron chi connectivity index (χ4n) is 3.25. The molecule has 150 valence electrons. The van der Waals surface area contributed by atoms with E-state index >= 15 is 0 Å². The molecule has 3 aromatic heterocycles. The summed E-state index contributed by atoms with van der Waals surface area (Å²) >= 11 is 0. The van der Waals surface area contributed by atoms with Crippen molar-refractivity contribution in [3.8, 4) is 5.82 Å². The maximum absolute atomic E-state index is 12.7. The minimum atomic E-state index is -0.220. The molecule has 0 saturated carbocycles. The molecule has 10 heteroatoms. The Morgan fingerprint density at radius 1 is 1.10 bits per heavy atom. The van der Waals surface area contributed by atoms with Gasteiger partial charge in [-0.25, -0.2) is 19.4 Å². The highest BCUT2D eigenvalue weighted by molar-refractivity contribution is 5.95. The number of urea groups is 1. The molecular formula is C19H21N7O3. The summed E-state index contributed by atoms with van der Waals surface area (Å²) in [7, 11) is 0. The SMILES string of the molecule is Cc1cc(C(=O)N2CCN(C(=O)Nc3ccc(-n4cncn4)nc3)CC2)c(C)o1. The smallest absolute Gasteiger partial charge is 0.322 e. The molecule has 3 amide bonds. The van der Waals surface area contributed by atoms with Crippen LogP contribution in [0.5, 0.6) is 0 Å². The van der Waals surface area contributed by atoms with Crippen molar-refractivity contribution >= 4 is 17.6 Å². The van der Waals surface area contributed by atoms with E-state index in [9.17, 15) is 9.59 Å². The fraction of sp³-hybridized carbons (Fsp3) is 0.316. The van der Waals surface area contributed by atoms with E-state index in [1.165, 1.54) is 11.0 Å². The van der Waals surface area contributed by atoms with E-state index in [1.54, 1.807) is 47.4 Å². The van der Waals surface area contributed by atoms with Gasteiger partial charge in [-0.1, -0.05) is 0 Å². The van der Waals surface area contributed by atoms with E-state index in [0.29, 0.717) is 54.8 Å². The van der Waals surface area contributed by atoms with E-state index in [1.807, 2.05) is 6.92 Å². The van der Waals surface area contributed by atoms with E-state index in [0.717, 1.165) is 0 Å². The quantitative estimate of drug-likeness (QED) is 0.725. The van der Waals surface area contributed by atoms with E-state index in [4.69, 9.17) is 4.42 Å². The van der Waals surface area contributed by atoms with Crippen LogP contribution in [0.3, 0.4) is 0 Å². The fourth-order valence-corrected chi connectivity index (χ4v) is 3.25. The zero-order valence-corrected chi connectivity index (χ0v) is 16.2. The number of furan rings is 1. The largest absolute Gasteiger partial charge is 0.466 e. The molecule has 0 aromatic carbocycles. The molecule has 0 spiro atoms. The summed E-state index contributed by atoms with van der Waals surface area (Å²) in [5.41, 5.74) is 1.17. The zero-order chi connectivity index (χ0) is 20.4. The van der Waals surface area contributed by atoms with Crippen molar-refractivity contribution in [1.29, 1.82) is 0 Å². The molecule has 1 aliphatic heterocycles. The summed E-state index contributed by atoms with van der Waals surface area (Å²) in [6, 6.07) is 5.04. The first-order valence-corrected chi connectivity index (χ1v) is 9.24.